The lowest BCUT2D eigenvalue weighted by Gasteiger charge is -2.29. The maximum atomic E-state index is 12.6. The highest BCUT2D eigenvalue weighted by atomic mass is 127. The minimum Gasteiger partial charge on any atom is -0.383 e. The van der Waals surface area contributed by atoms with E-state index in [4.69, 9.17) is 4.74 Å². The second kappa shape index (κ2) is 11.3. The number of para-hydroxylation sites is 1. The Morgan fingerprint density at radius 3 is 2.88 bits per heavy atom. The summed E-state index contributed by atoms with van der Waals surface area (Å²) >= 11 is 0. The first kappa shape index (κ1) is 21.7. The highest BCUT2D eigenvalue weighted by Crippen LogP contribution is 2.26. The predicted molar refractivity (Wildman–Crippen MR) is 113 cm³/mol. The fraction of sp³-hybridized carbons (Fsp3) is 0.556. The fourth-order valence-electron chi connectivity index (χ4n) is 2.87. The highest BCUT2D eigenvalue weighted by molar-refractivity contribution is 14.0. The molecule has 0 aliphatic carbocycles. The van der Waals surface area contributed by atoms with Crippen LogP contribution in [0.1, 0.15) is 25.8 Å². The summed E-state index contributed by atoms with van der Waals surface area (Å²) in [6.45, 7) is 6.23. The molecule has 0 spiro atoms. The van der Waals surface area contributed by atoms with Crippen molar-refractivity contribution in [1.82, 2.24) is 10.6 Å². The summed E-state index contributed by atoms with van der Waals surface area (Å²) in [4.78, 5) is 18.9. The topological polar surface area (TPSA) is 66.0 Å². The van der Waals surface area contributed by atoms with Crippen LogP contribution in [0.2, 0.25) is 0 Å². The molecule has 1 aromatic carbocycles. The molecule has 1 amide bonds. The summed E-state index contributed by atoms with van der Waals surface area (Å²) in [5, 5.41) is 6.40. The average molecular weight is 460 g/mol. The zero-order chi connectivity index (χ0) is 17.4. The number of nitrogens with zero attached hydrogens (tertiary/aromatic N) is 2. The molecule has 1 aliphatic heterocycles. The van der Waals surface area contributed by atoms with Crippen molar-refractivity contribution in [3.63, 3.8) is 0 Å². The zero-order valence-corrected chi connectivity index (χ0v) is 17.6. The molecular weight excluding hydrogens is 431 g/mol. The molecule has 0 saturated carbocycles. The SMILES string of the molecule is CCNC(=NCC(=O)N1CCCc2ccccc21)NC(C)COC.I. The van der Waals surface area contributed by atoms with Gasteiger partial charge < -0.3 is 20.3 Å². The first-order chi connectivity index (χ1) is 11.7. The molecule has 1 heterocycles. The van der Waals surface area contributed by atoms with Gasteiger partial charge in [0.05, 0.1) is 6.61 Å². The summed E-state index contributed by atoms with van der Waals surface area (Å²) in [6, 6.07) is 8.23. The summed E-state index contributed by atoms with van der Waals surface area (Å²) in [7, 11) is 1.67. The molecule has 2 N–H and O–H groups in total. The van der Waals surface area contributed by atoms with Crippen LogP contribution in [-0.2, 0) is 16.0 Å². The first-order valence-corrected chi connectivity index (χ1v) is 8.57. The Kier molecular flexibility index (Phi) is 9.81. The number of guanidine groups is 1. The summed E-state index contributed by atoms with van der Waals surface area (Å²) in [5.41, 5.74) is 2.26. The van der Waals surface area contributed by atoms with Crippen LogP contribution >= 0.6 is 24.0 Å². The van der Waals surface area contributed by atoms with Crippen LogP contribution in [0.15, 0.2) is 29.3 Å². The minimum atomic E-state index is 0. The lowest BCUT2D eigenvalue weighted by atomic mass is 10.0. The molecule has 25 heavy (non-hydrogen) atoms. The van der Waals surface area contributed by atoms with Crippen LogP contribution in [0.4, 0.5) is 5.69 Å². The number of halogens is 1. The van der Waals surface area contributed by atoms with Crippen molar-refractivity contribution in [2.24, 2.45) is 4.99 Å². The summed E-state index contributed by atoms with van der Waals surface area (Å²) in [6.07, 6.45) is 2.03. The maximum Gasteiger partial charge on any atom is 0.248 e. The number of anilines is 1. The van der Waals surface area contributed by atoms with Crippen molar-refractivity contribution in [1.29, 1.82) is 0 Å². The lowest BCUT2D eigenvalue weighted by molar-refractivity contribution is -0.117. The number of hydrogen-bond donors (Lipinski definition) is 2. The van der Waals surface area contributed by atoms with Crippen molar-refractivity contribution in [2.75, 3.05) is 38.3 Å². The molecule has 1 aliphatic rings. The molecule has 0 bridgehead atoms. The van der Waals surface area contributed by atoms with Gasteiger partial charge in [-0.3, -0.25) is 4.79 Å². The van der Waals surface area contributed by atoms with Gasteiger partial charge in [0.2, 0.25) is 5.91 Å². The molecular formula is C18H29IN4O2. The molecule has 0 radical (unpaired) electrons. The van der Waals surface area contributed by atoms with Gasteiger partial charge in [-0.05, 0) is 38.3 Å². The number of carbonyl (C=O) groups is 1. The minimum absolute atomic E-state index is 0. The number of aliphatic imine (C=N–C) groups is 1. The quantitative estimate of drug-likeness (QED) is 0.388. The van der Waals surface area contributed by atoms with Gasteiger partial charge in [0.25, 0.3) is 0 Å². The first-order valence-electron chi connectivity index (χ1n) is 8.57. The van der Waals surface area contributed by atoms with E-state index in [0.717, 1.165) is 31.6 Å². The fourth-order valence-corrected chi connectivity index (χ4v) is 2.87. The van der Waals surface area contributed by atoms with E-state index in [2.05, 4.69) is 21.7 Å². The van der Waals surface area contributed by atoms with E-state index in [1.54, 1.807) is 7.11 Å². The number of rotatable bonds is 6. The van der Waals surface area contributed by atoms with E-state index in [-0.39, 0.29) is 42.5 Å². The molecule has 1 unspecified atom stereocenters. The van der Waals surface area contributed by atoms with Crippen molar-refractivity contribution in [3.05, 3.63) is 29.8 Å². The highest BCUT2D eigenvalue weighted by Gasteiger charge is 2.21. The monoisotopic (exact) mass is 460 g/mol. The van der Waals surface area contributed by atoms with Gasteiger partial charge in [-0.15, -0.1) is 24.0 Å². The number of amides is 1. The molecule has 1 aromatic rings. The number of hydrogen-bond acceptors (Lipinski definition) is 3. The van der Waals surface area contributed by atoms with E-state index >= 15 is 0 Å². The number of fused-ring (bicyclic) bond motifs is 1. The Hall–Kier alpha value is -1.35. The van der Waals surface area contributed by atoms with Gasteiger partial charge in [0.1, 0.15) is 6.54 Å². The van der Waals surface area contributed by atoms with Crippen molar-refractivity contribution < 1.29 is 9.53 Å². The van der Waals surface area contributed by atoms with Crippen molar-refractivity contribution in [2.45, 2.75) is 32.7 Å². The second-order valence-corrected chi connectivity index (χ2v) is 5.97. The Morgan fingerprint density at radius 2 is 2.16 bits per heavy atom. The standard InChI is InChI=1S/C18H28N4O2.HI/c1-4-19-18(21-14(2)13-24-3)20-12-17(23)22-11-7-9-15-8-5-6-10-16(15)22;/h5-6,8,10,14H,4,7,9,11-13H2,1-3H3,(H2,19,20,21);1H. The third-order valence-electron chi connectivity index (χ3n) is 3.93. The molecule has 140 valence electrons. The lowest BCUT2D eigenvalue weighted by Crippen LogP contribution is -2.45. The van der Waals surface area contributed by atoms with Crippen molar-refractivity contribution in [3.8, 4) is 0 Å². The Morgan fingerprint density at radius 1 is 1.40 bits per heavy atom. The van der Waals surface area contributed by atoms with E-state index in [1.807, 2.05) is 36.9 Å². The number of benzene rings is 1. The number of ether oxygens (including phenoxy) is 1. The molecule has 7 heteroatoms. The van der Waals surface area contributed by atoms with E-state index < -0.39 is 0 Å². The van der Waals surface area contributed by atoms with Gasteiger partial charge in [-0.25, -0.2) is 4.99 Å². The summed E-state index contributed by atoms with van der Waals surface area (Å²) in [5.74, 6) is 0.666. The van der Waals surface area contributed by atoms with E-state index in [9.17, 15) is 4.79 Å². The number of aryl methyl sites for hydroxylation is 1. The second-order valence-electron chi connectivity index (χ2n) is 5.97. The molecule has 2 rings (SSSR count). The van der Waals surface area contributed by atoms with Crippen LogP contribution in [0.5, 0.6) is 0 Å². The Balaban J connectivity index is 0.00000312. The molecule has 0 aromatic heterocycles. The van der Waals surface area contributed by atoms with Crippen LogP contribution in [0.3, 0.4) is 0 Å². The Labute approximate surface area is 167 Å². The van der Waals surface area contributed by atoms with E-state index in [1.165, 1.54) is 5.56 Å². The molecule has 1 atom stereocenters. The number of nitrogens with one attached hydrogen (secondary N) is 2. The van der Waals surface area contributed by atoms with Crippen LogP contribution < -0.4 is 15.5 Å². The Bertz CT molecular complexity index is 580. The molecule has 0 saturated heterocycles. The van der Waals surface area contributed by atoms with E-state index in [0.29, 0.717) is 12.6 Å². The van der Waals surface area contributed by atoms with Gasteiger partial charge >= 0.3 is 0 Å². The van der Waals surface area contributed by atoms with Crippen molar-refractivity contribution >= 4 is 41.5 Å². The summed E-state index contributed by atoms with van der Waals surface area (Å²) < 4.78 is 5.12. The van der Waals surface area contributed by atoms with Gasteiger partial charge in [-0.2, -0.15) is 0 Å². The average Bonchev–Trinajstić information content (AvgIpc) is 2.59. The predicted octanol–water partition coefficient (Wildman–Crippen LogP) is 2.17. The van der Waals surface area contributed by atoms with Crippen LogP contribution in [0, 0.1) is 0 Å². The maximum absolute atomic E-state index is 12.6. The van der Waals surface area contributed by atoms with Crippen LogP contribution in [-0.4, -0.2) is 51.3 Å². The number of carbonyl (C=O) groups excluding carboxylic acids is 1. The van der Waals surface area contributed by atoms with Gasteiger partial charge in [0, 0.05) is 31.9 Å². The van der Waals surface area contributed by atoms with Crippen LogP contribution in [0.25, 0.3) is 0 Å². The largest absolute Gasteiger partial charge is 0.383 e. The van der Waals surface area contributed by atoms with Gasteiger partial charge in [0.15, 0.2) is 5.96 Å². The molecule has 6 nitrogen and oxygen atoms in total. The molecule has 0 fully saturated rings. The third-order valence-corrected chi connectivity index (χ3v) is 3.93. The normalized spacial score (nSPS) is 15.0. The smallest absolute Gasteiger partial charge is 0.248 e. The van der Waals surface area contributed by atoms with Gasteiger partial charge in [-0.1, -0.05) is 18.2 Å². The number of methoxy groups -OCH3 is 1. The third kappa shape index (κ3) is 6.47. The zero-order valence-electron chi connectivity index (χ0n) is 15.2.